The molecule has 3 fully saturated rings. The van der Waals surface area contributed by atoms with Crippen molar-refractivity contribution in [3.8, 4) is 5.75 Å². The summed E-state index contributed by atoms with van der Waals surface area (Å²) in [4.78, 5) is 82.4. The van der Waals surface area contributed by atoms with Gasteiger partial charge in [-0.1, -0.05) is 102 Å². The Morgan fingerprint density at radius 3 is 1.82 bits per heavy atom. The number of nitrogens with one attached hydrogen (secondary N) is 6. The predicted octanol–water partition coefficient (Wildman–Crippen LogP) is 10.6. The van der Waals surface area contributed by atoms with Gasteiger partial charge in [0, 0.05) is 183 Å². The number of aromatic nitrogens is 4. The van der Waals surface area contributed by atoms with Gasteiger partial charge in [-0.3, -0.25) is 54.7 Å². The van der Waals surface area contributed by atoms with Crippen LogP contribution in [0.15, 0.2) is 234 Å². The van der Waals surface area contributed by atoms with Crippen molar-refractivity contribution in [2.75, 3.05) is 139 Å². The molecule has 654 valence electrons. The quantitative estimate of drug-likeness (QED) is 0.0113. The zero-order valence-corrected chi connectivity index (χ0v) is 76.6. The van der Waals surface area contributed by atoms with E-state index in [1.165, 1.54) is 66.1 Å². The number of aliphatic hydroxyl groups is 1. The molecule has 0 radical (unpaired) electrons. The molecule has 6 aliphatic rings. The van der Waals surface area contributed by atoms with Crippen molar-refractivity contribution >= 4 is 107 Å². The molecule has 7 heterocycles. The number of halogens is 2. The number of nitrogens with two attached hydrogens (primary N) is 1. The van der Waals surface area contributed by atoms with Crippen molar-refractivity contribution in [3.05, 3.63) is 318 Å². The van der Waals surface area contributed by atoms with Crippen LogP contribution in [0.1, 0.15) is 99.8 Å². The van der Waals surface area contributed by atoms with Crippen LogP contribution in [0.4, 0.5) is 45.6 Å². The van der Waals surface area contributed by atoms with Crippen LogP contribution in [0.3, 0.4) is 0 Å². The molecular formula is C96H104Cl2N17NaO10S. The molecule has 0 bridgehead atoms. The molecule has 31 heteroatoms. The molecule has 8 aromatic carbocycles. The van der Waals surface area contributed by atoms with Crippen molar-refractivity contribution < 1.29 is 71.9 Å². The summed E-state index contributed by atoms with van der Waals surface area (Å²) >= 11 is 12.1. The number of hydrogen-bond acceptors (Lipinski definition) is 25. The van der Waals surface area contributed by atoms with E-state index in [0.717, 1.165) is 172 Å². The summed E-state index contributed by atoms with van der Waals surface area (Å²) in [6.45, 7) is 18.1. The normalized spacial score (nSPS) is 17.1. The second-order valence-corrected chi connectivity index (χ2v) is 34.8. The van der Waals surface area contributed by atoms with Crippen LogP contribution in [0, 0.1) is 19.8 Å². The molecule has 2 amide bonds. The fraction of sp³-hybridized carbons (Fsp3) is 0.292. The first-order valence-electron chi connectivity index (χ1n) is 42.0. The van der Waals surface area contributed by atoms with Gasteiger partial charge in [-0.2, -0.15) is 0 Å². The van der Waals surface area contributed by atoms with E-state index in [4.69, 9.17) is 38.7 Å². The molecule has 127 heavy (non-hydrogen) atoms. The summed E-state index contributed by atoms with van der Waals surface area (Å²) in [5, 5.41) is 37.7. The second kappa shape index (κ2) is 42.7. The third-order valence-corrected chi connectivity index (χ3v) is 24.8. The number of amides is 2. The van der Waals surface area contributed by atoms with Crippen LogP contribution in [-0.2, 0) is 52.9 Å². The summed E-state index contributed by atoms with van der Waals surface area (Å²) in [7, 11) is 3.49. The Bertz CT molecular complexity index is 5990. The van der Waals surface area contributed by atoms with Crippen LogP contribution in [0.2, 0.25) is 10.0 Å². The number of pyridine rings is 2. The molecule has 3 atom stereocenters. The maximum absolute atomic E-state index is 13.4. The topological polar surface area (TPSA) is 344 Å². The van der Waals surface area contributed by atoms with E-state index in [-0.39, 0.29) is 68.6 Å². The largest absolute Gasteiger partial charge is 1.00 e. The van der Waals surface area contributed by atoms with Crippen LogP contribution >= 0.6 is 23.2 Å². The van der Waals surface area contributed by atoms with Crippen LogP contribution < -0.4 is 72.8 Å². The smallest absolute Gasteiger partial charge is 0.744 e. The number of hydrazine groups is 1. The Labute approximate surface area is 772 Å². The molecule has 11 aromatic rings. The number of piperazine rings is 3. The minimum atomic E-state index is -4.51. The van der Waals surface area contributed by atoms with Crippen molar-refractivity contribution in [1.29, 1.82) is 0 Å². The summed E-state index contributed by atoms with van der Waals surface area (Å²) in [5.41, 5.74) is 26.3. The molecule has 0 saturated carbocycles. The molecule has 4 aliphatic heterocycles. The van der Waals surface area contributed by atoms with E-state index >= 15 is 0 Å². The Morgan fingerprint density at radius 1 is 0.646 bits per heavy atom. The van der Waals surface area contributed by atoms with Gasteiger partial charge in [0.15, 0.2) is 11.5 Å². The number of Topliss-reactive ketones (excluding diaryl/α,β-unsaturated/α-hetero) is 1. The number of nitrogen functional groups attached to an aromatic ring is 1. The number of rotatable bonds is 20. The van der Waals surface area contributed by atoms with Crippen molar-refractivity contribution in [3.63, 3.8) is 0 Å². The number of aromatic hydroxyl groups is 1. The van der Waals surface area contributed by atoms with Gasteiger partial charge < -0.3 is 61.2 Å². The average Bonchev–Trinajstić information content (AvgIpc) is 0.974. The van der Waals surface area contributed by atoms with Crippen LogP contribution in [0.5, 0.6) is 5.75 Å². The molecule has 17 rings (SSSR count). The number of aryl methyl sites for hydroxylation is 3. The van der Waals surface area contributed by atoms with E-state index in [9.17, 15) is 42.4 Å². The first-order valence-corrected chi connectivity index (χ1v) is 44.2. The van der Waals surface area contributed by atoms with E-state index < -0.39 is 33.6 Å². The Morgan fingerprint density at radius 2 is 1.23 bits per heavy atom. The molecule has 2 aliphatic carbocycles. The number of fused-ring (bicyclic) bond motifs is 4. The average molecular weight is 1780 g/mol. The van der Waals surface area contributed by atoms with E-state index in [0.29, 0.717) is 74.0 Å². The summed E-state index contributed by atoms with van der Waals surface area (Å²) in [5.74, 6) is -0.473. The number of methoxy groups -OCH3 is 1. The standard InChI is InChI=1S/C32H29N3O4S.C25H42N6O2.C20H15Cl2N3O3.C19H19N5O.Na/c1-22-21-25(11-20-31(22)33)32(36,23-7-12-27(13-8-23)34-26-5-3-2-4-6-26)24-9-14-28(15-10-24)35-29-16-18-30(19-17-29)40(37,38)39;1-26-4-10-29(11-5-26)18-21-16-22(19-30-12-6-27(2)7-13-30)24(32)25(33)23(17-21)20-31-14-8-28(3)9-15-31;1-28-15-4-2-3-12-18(15)25-17-13(19(12)26)7-11(22)8-14(17)20(27)24-16-9-10(21)5-6-23-16;1-12-6-7-14-16(10-12)22-15-5-3-2-4-13(15)18(14)23-24-19(25)17-11-20-8-9-21-17;/h2-21,34-36H,33H2,1H3,(H,37,38,39);16-17H,4-15,18-20H2,1-3H3,(H,32,33);2-9,12,18,25H,1H3,(H,23,24,27);6-11H,2-5H2,1H3,(H,22,23)(H,24,25);/q;;;;+1/p-1. The van der Waals surface area contributed by atoms with Crippen molar-refractivity contribution in [2.45, 2.75) is 75.7 Å². The number of ketones is 1. The Balaban J connectivity index is 0.000000147. The maximum Gasteiger partial charge on any atom is 1.00 e. The van der Waals surface area contributed by atoms with Gasteiger partial charge in [0.1, 0.15) is 33.0 Å². The predicted molar refractivity (Wildman–Crippen MR) is 495 cm³/mol. The van der Waals surface area contributed by atoms with Crippen molar-refractivity contribution in [1.82, 2.24) is 54.8 Å². The molecule has 0 spiro atoms. The summed E-state index contributed by atoms with van der Waals surface area (Å²) in [6, 6.07) is 52.1. The molecule has 3 aromatic heterocycles. The van der Waals surface area contributed by atoms with Crippen LogP contribution in [0.25, 0.3) is 10.9 Å². The number of anilines is 8. The molecule has 3 saturated heterocycles. The Kier molecular flexibility index (Phi) is 31.5. The summed E-state index contributed by atoms with van der Waals surface area (Å²) < 4.78 is 39.0. The van der Waals surface area contributed by atoms with E-state index in [1.807, 2.05) is 104 Å². The molecular weight excluding hydrogens is 1680 g/mol. The number of likely N-dealkylation sites (N-methyl/N-ethyl adjacent to an activating group) is 3. The minimum Gasteiger partial charge on any atom is -0.744 e. The van der Waals surface area contributed by atoms with Gasteiger partial charge in [0.05, 0.1) is 52.6 Å². The number of hydrogen-bond donors (Lipinski definition) is 9. The fourth-order valence-electron chi connectivity index (χ4n) is 16.2. The Hall–Kier alpha value is -11.0. The molecule has 27 nitrogen and oxygen atoms in total. The monoisotopic (exact) mass is 1780 g/mol. The summed E-state index contributed by atoms with van der Waals surface area (Å²) in [6.07, 6.45) is 15.6. The van der Waals surface area contributed by atoms with Gasteiger partial charge in [-0.25, -0.2) is 18.4 Å². The van der Waals surface area contributed by atoms with Crippen LogP contribution in [-0.4, -0.2) is 203 Å². The van der Waals surface area contributed by atoms with Gasteiger partial charge >= 0.3 is 29.6 Å². The van der Waals surface area contributed by atoms with Gasteiger partial charge in [0.2, 0.25) is 5.43 Å². The first-order chi connectivity index (χ1) is 60.7. The number of carbonyl (C=O) groups excluding carboxylic acids is 3. The van der Waals surface area contributed by atoms with E-state index in [1.54, 1.807) is 43.7 Å². The number of benzene rings is 7. The third-order valence-electron chi connectivity index (χ3n) is 23.5. The number of ether oxygens (including phenoxy) is 1. The van der Waals surface area contributed by atoms with Gasteiger partial charge in [0.25, 0.3) is 11.8 Å². The minimum absolute atomic E-state index is 0. The zero-order valence-electron chi connectivity index (χ0n) is 72.2. The number of nitrogens with zero attached hydrogens (tertiary/aromatic N) is 10. The first kappa shape index (κ1) is 93.6. The third kappa shape index (κ3) is 23.7. The molecule has 10 N–H and O–H groups in total. The molecule has 3 unspecified atom stereocenters. The second-order valence-electron chi connectivity index (χ2n) is 32.5. The van der Waals surface area contributed by atoms with E-state index in [2.05, 4.69) is 135 Å². The van der Waals surface area contributed by atoms with Crippen molar-refractivity contribution in [2.24, 2.45) is 5.92 Å². The van der Waals surface area contributed by atoms with Gasteiger partial charge in [-0.15, -0.1) is 0 Å². The number of allylic oxidation sites excluding steroid dienone is 2. The maximum atomic E-state index is 13.4. The fourth-order valence-corrected chi connectivity index (χ4v) is 17.1. The number of carbonyl (C=O) groups is 3. The van der Waals surface area contributed by atoms with Gasteiger partial charge in [-0.05, 0) is 215 Å². The SMILES string of the molecule is CN1CCN(Cc2cc(CN3CCN(C)CC3)c(O)c(=O)c(CN3CCN(C)CC3)c2)CC1.COC1=CC=CC2C(=O)c3cc(Cl)cc(C(=O)Nc4cc(Cl)ccn4)c3NC12.Cc1cc(C(O)(c2ccc(Nc3ccccc3)cc2)c2ccc(Nc3ccc(S(=O)(=O)[O-])cc3)cc2)ccc1N.Cc1ccc2c(NNC(=O)c3cnccn3)c3c(nc2c1)CCCC3.[Na+]. The number of para-hydroxylation sites is 1. The zero-order chi connectivity index (χ0) is 88.8.